The lowest BCUT2D eigenvalue weighted by Gasteiger charge is -2.15. The van der Waals surface area contributed by atoms with Gasteiger partial charge in [-0.1, -0.05) is 6.07 Å². The summed E-state index contributed by atoms with van der Waals surface area (Å²) in [5.41, 5.74) is 2.92. The minimum Gasteiger partial charge on any atom is -0.481 e. The van der Waals surface area contributed by atoms with E-state index in [0.717, 1.165) is 5.69 Å². The van der Waals surface area contributed by atoms with Gasteiger partial charge in [-0.2, -0.15) is 5.10 Å². The van der Waals surface area contributed by atoms with Crippen molar-refractivity contribution in [3.05, 3.63) is 47.3 Å². The minimum absolute atomic E-state index is 0.554. The Bertz CT molecular complexity index is 627. The van der Waals surface area contributed by atoms with Gasteiger partial charge in [0.05, 0.1) is 11.4 Å². The second-order valence-corrected chi connectivity index (χ2v) is 5.34. The predicted molar refractivity (Wildman–Crippen MR) is 73.7 cm³/mol. The molecule has 0 atom stereocenters. The molecule has 0 radical (unpaired) electrons. The number of nitrogens with zero attached hydrogens (tertiary/aromatic N) is 2. The first-order valence-corrected chi connectivity index (χ1v) is 6.19. The summed E-state index contributed by atoms with van der Waals surface area (Å²) in [7, 11) is 0. The molecule has 0 aliphatic heterocycles. The Balaban J connectivity index is 2.41. The van der Waals surface area contributed by atoms with Crippen molar-refractivity contribution in [3.8, 4) is 5.69 Å². The second-order valence-electron chi connectivity index (χ2n) is 5.34. The van der Waals surface area contributed by atoms with Gasteiger partial charge in [0, 0.05) is 6.20 Å². The molecule has 19 heavy (non-hydrogen) atoms. The zero-order valence-electron chi connectivity index (χ0n) is 11.6. The average Bonchev–Trinajstić information content (AvgIpc) is 2.82. The molecule has 1 aromatic heterocycles. The van der Waals surface area contributed by atoms with Crippen LogP contribution in [0.15, 0.2) is 30.5 Å². The van der Waals surface area contributed by atoms with Crippen LogP contribution in [0, 0.1) is 13.8 Å². The molecule has 0 saturated carbocycles. The molecular formula is C15H18N2O2. The van der Waals surface area contributed by atoms with E-state index in [-0.39, 0.29) is 0 Å². The highest BCUT2D eigenvalue weighted by Gasteiger charge is 2.32. The summed E-state index contributed by atoms with van der Waals surface area (Å²) >= 11 is 0. The number of rotatable bonds is 3. The van der Waals surface area contributed by atoms with Crippen LogP contribution in [0.4, 0.5) is 0 Å². The molecule has 100 valence electrons. The van der Waals surface area contributed by atoms with Crippen molar-refractivity contribution in [3.63, 3.8) is 0 Å². The molecule has 0 bridgehead atoms. The van der Waals surface area contributed by atoms with E-state index in [4.69, 9.17) is 0 Å². The fourth-order valence-electron chi connectivity index (χ4n) is 1.78. The summed E-state index contributed by atoms with van der Waals surface area (Å²) in [6.07, 6.45) is 1.80. The van der Waals surface area contributed by atoms with Crippen molar-refractivity contribution in [1.29, 1.82) is 0 Å². The number of aryl methyl sites for hydroxylation is 2. The zero-order chi connectivity index (χ0) is 14.2. The molecule has 0 aliphatic rings. The summed E-state index contributed by atoms with van der Waals surface area (Å²) in [5, 5.41) is 13.6. The molecule has 0 saturated heterocycles. The van der Waals surface area contributed by atoms with E-state index >= 15 is 0 Å². The van der Waals surface area contributed by atoms with Crippen molar-refractivity contribution in [2.24, 2.45) is 0 Å². The van der Waals surface area contributed by atoms with Crippen LogP contribution >= 0.6 is 0 Å². The first-order valence-electron chi connectivity index (χ1n) is 6.19. The Morgan fingerprint density at radius 1 is 1.21 bits per heavy atom. The van der Waals surface area contributed by atoms with Crippen LogP contribution in [0.2, 0.25) is 0 Å². The van der Waals surface area contributed by atoms with Crippen LogP contribution in [0.25, 0.3) is 5.69 Å². The Kier molecular flexibility index (Phi) is 3.18. The first-order chi connectivity index (χ1) is 8.82. The normalized spacial score (nSPS) is 11.6. The molecule has 0 unspecified atom stereocenters. The first kappa shape index (κ1) is 13.3. The van der Waals surface area contributed by atoms with Gasteiger partial charge in [-0.15, -0.1) is 0 Å². The molecule has 4 nitrogen and oxygen atoms in total. The molecule has 0 aliphatic carbocycles. The third kappa shape index (κ3) is 2.38. The molecule has 1 N–H and O–H groups in total. The Morgan fingerprint density at radius 2 is 1.89 bits per heavy atom. The van der Waals surface area contributed by atoms with Crippen molar-refractivity contribution in [1.82, 2.24) is 9.78 Å². The van der Waals surface area contributed by atoms with Crippen LogP contribution < -0.4 is 0 Å². The largest absolute Gasteiger partial charge is 0.481 e. The van der Waals surface area contributed by atoms with Gasteiger partial charge in [-0.25, -0.2) is 4.68 Å². The van der Waals surface area contributed by atoms with Gasteiger partial charge in [0.25, 0.3) is 0 Å². The fraction of sp³-hybridized carbons (Fsp3) is 0.333. The van der Waals surface area contributed by atoms with Crippen molar-refractivity contribution in [2.45, 2.75) is 33.1 Å². The smallest absolute Gasteiger partial charge is 0.315 e. The van der Waals surface area contributed by atoms with Crippen LogP contribution in [0.3, 0.4) is 0 Å². The van der Waals surface area contributed by atoms with E-state index in [1.165, 1.54) is 11.1 Å². The zero-order valence-corrected chi connectivity index (χ0v) is 11.6. The highest BCUT2D eigenvalue weighted by Crippen LogP contribution is 2.22. The van der Waals surface area contributed by atoms with E-state index in [1.54, 1.807) is 30.8 Å². The van der Waals surface area contributed by atoms with E-state index in [9.17, 15) is 9.90 Å². The van der Waals surface area contributed by atoms with Crippen molar-refractivity contribution < 1.29 is 9.90 Å². The summed E-state index contributed by atoms with van der Waals surface area (Å²) < 4.78 is 1.71. The minimum atomic E-state index is -0.981. The number of carbonyl (C=O) groups is 1. The van der Waals surface area contributed by atoms with Gasteiger partial charge in [-0.3, -0.25) is 4.79 Å². The number of carboxylic acid groups (broad SMARTS) is 1. The maximum Gasteiger partial charge on any atom is 0.315 e. The van der Waals surface area contributed by atoms with Crippen LogP contribution in [0.5, 0.6) is 0 Å². The van der Waals surface area contributed by atoms with Crippen molar-refractivity contribution >= 4 is 5.97 Å². The summed E-state index contributed by atoms with van der Waals surface area (Å²) in [4.78, 5) is 11.2. The van der Waals surface area contributed by atoms with Crippen LogP contribution in [-0.4, -0.2) is 20.9 Å². The van der Waals surface area contributed by atoms with Gasteiger partial charge < -0.3 is 5.11 Å². The number of aromatic nitrogens is 2. The van der Waals surface area contributed by atoms with Gasteiger partial charge in [0.1, 0.15) is 5.41 Å². The standard InChI is InChI=1S/C15H18N2O2/c1-10-5-6-12(9-11(10)2)17-8-7-13(16-17)15(3,4)14(18)19/h5-9H,1-4H3,(H,18,19). The SMILES string of the molecule is Cc1ccc(-n2ccc(C(C)(C)C(=O)O)n2)cc1C. The lowest BCUT2D eigenvalue weighted by molar-refractivity contribution is -0.142. The highest BCUT2D eigenvalue weighted by molar-refractivity contribution is 5.79. The van der Waals surface area contributed by atoms with E-state index < -0.39 is 11.4 Å². The lowest BCUT2D eigenvalue weighted by atomic mass is 9.90. The van der Waals surface area contributed by atoms with Crippen LogP contribution in [0.1, 0.15) is 30.7 Å². The Hall–Kier alpha value is -2.10. The van der Waals surface area contributed by atoms with E-state index in [0.29, 0.717) is 5.69 Å². The molecule has 1 heterocycles. The number of benzene rings is 1. The number of hydrogen-bond acceptors (Lipinski definition) is 2. The van der Waals surface area contributed by atoms with Crippen LogP contribution in [-0.2, 0) is 10.2 Å². The molecule has 2 rings (SSSR count). The Labute approximate surface area is 112 Å². The predicted octanol–water partition coefficient (Wildman–Crippen LogP) is 2.85. The molecule has 0 spiro atoms. The number of carboxylic acids is 1. The van der Waals surface area contributed by atoms with E-state index in [1.807, 2.05) is 25.1 Å². The number of aliphatic carboxylic acids is 1. The summed E-state index contributed by atoms with van der Waals surface area (Å²) in [6, 6.07) is 7.81. The number of hydrogen-bond donors (Lipinski definition) is 1. The molecule has 4 heteroatoms. The topological polar surface area (TPSA) is 55.1 Å². The Morgan fingerprint density at radius 3 is 2.47 bits per heavy atom. The third-order valence-electron chi connectivity index (χ3n) is 3.52. The molecular weight excluding hydrogens is 240 g/mol. The monoisotopic (exact) mass is 258 g/mol. The second kappa shape index (κ2) is 4.53. The van der Waals surface area contributed by atoms with Gasteiger partial charge >= 0.3 is 5.97 Å². The average molecular weight is 258 g/mol. The summed E-state index contributed by atoms with van der Waals surface area (Å²) in [6.45, 7) is 7.41. The third-order valence-corrected chi connectivity index (χ3v) is 3.52. The maximum absolute atomic E-state index is 11.2. The molecule has 0 fully saturated rings. The summed E-state index contributed by atoms with van der Waals surface area (Å²) in [5.74, 6) is -0.877. The highest BCUT2D eigenvalue weighted by atomic mass is 16.4. The lowest BCUT2D eigenvalue weighted by Crippen LogP contribution is -2.29. The molecule has 0 amide bonds. The molecule has 2 aromatic rings. The van der Waals surface area contributed by atoms with Gasteiger partial charge in [-0.05, 0) is 57.0 Å². The quantitative estimate of drug-likeness (QED) is 0.921. The maximum atomic E-state index is 11.2. The molecule has 1 aromatic carbocycles. The fourth-order valence-corrected chi connectivity index (χ4v) is 1.78. The van der Waals surface area contributed by atoms with Crippen molar-refractivity contribution in [2.75, 3.05) is 0 Å². The van der Waals surface area contributed by atoms with Gasteiger partial charge in [0.2, 0.25) is 0 Å². The van der Waals surface area contributed by atoms with Gasteiger partial charge in [0.15, 0.2) is 0 Å². The van der Waals surface area contributed by atoms with E-state index in [2.05, 4.69) is 12.0 Å².